The number of imidazole rings is 1. The minimum Gasteiger partial charge on any atom is -0.374 e. The van der Waals surface area contributed by atoms with Crippen molar-refractivity contribution in [2.45, 2.75) is 25.0 Å². The highest BCUT2D eigenvalue weighted by Crippen LogP contribution is 2.36. The van der Waals surface area contributed by atoms with E-state index in [0.29, 0.717) is 17.7 Å². The van der Waals surface area contributed by atoms with Crippen LogP contribution in [0.1, 0.15) is 28.3 Å². The lowest BCUT2D eigenvalue weighted by molar-refractivity contribution is -0.389. The average molecular weight is 459 g/mol. The van der Waals surface area contributed by atoms with Gasteiger partial charge in [0.05, 0.1) is 30.4 Å². The average Bonchev–Trinajstić information content (AvgIpc) is 3.20. The normalized spacial score (nSPS) is 13.2. The van der Waals surface area contributed by atoms with Crippen LogP contribution >= 0.6 is 0 Å². The summed E-state index contributed by atoms with van der Waals surface area (Å²) < 4.78 is 85.0. The van der Waals surface area contributed by atoms with Crippen LogP contribution < -0.4 is 0 Å². The Balaban J connectivity index is 1.83. The topological polar surface area (TPSA) is 70.2 Å². The van der Waals surface area contributed by atoms with Crippen molar-refractivity contribution in [3.63, 3.8) is 0 Å². The van der Waals surface area contributed by atoms with Gasteiger partial charge in [-0.25, -0.2) is 0 Å². The summed E-state index contributed by atoms with van der Waals surface area (Å²) >= 11 is 0. The molecular formula is C20H15F6N3O3. The minimum absolute atomic E-state index is 0.0426. The minimum atomic E-state index is -4.96. The Morgan fingerprint density at radius 2 is 1.59 bits per heavy atom. The SMILES string of the molecule is O=[N+]([O-])c1cn(C(COCc2cc(C(F)(F)F)cc(C(F)(F)F)c2)c2ccccc2)cn1. The van der Waals surface area contributed by atoms with E-state index in [-0.39, 0.29) is 18.2 Å². The van der Waals surface area contributed by atoms with Crippen molar-refractivity contribution in [1.29, 1.82) is 0 Å². The molecule has 0 bridgehead atoms. The van der Waals surface area contributed by atoms with Gasteiger partial charge >= 0.3 is 18.2 Å². The van der Waals surface area contributed by atoms with Crippen LogP contribution in [0.5, 0.6) is 0 Å². The lowest BCUT2D eigenvalue weighted by atomic mass is 10.0. The smallest absolute Gasteiger partial charge is 0.374 e. The predicted molar refractivity (Wildman–Crippen MR) is 99.6 cm³/mol. The first-order valence-electron chi connectivity index (χ1n) is 9.04. The van der Waals surface area contributed by atoms with Gasteiger partial charge in [-0.05, 0) is 39.2 Å². The molecular weight excluding hydrogens is 444 g/mol. The molecule has 1 heterocycles. The van der Waals surface area contributed by atoms with Crippen molar-refractivity contribution in [3.05, 3.63) is 93.4 Å². The molecule has 12 heteroatoms. The highest BCUT2D eigenvalue weighted by Gasteiger charge is 2.36. The number of aromatic nitrogens is 2. The Hall–Kier alpha value is -3.41. The molecule has 2 aromatic carbocycles. The van der Waals surface area contributed by atoms with Crippen LogP contribution in [0.4, 0.5) is 32.2 Å². The third-order valence-electron chi connectivity index (χ3n) is 4.51. The first-order valence-corrected chi connectivity index (χ1v) is 9.04. The van der Waals surface area contributed by atoms with Gasteiger partial charge in [0.2, 0.25) is 6.33 Å². The number of ether oxygens (including phenoxy) is 1. The lowest BCUT2D eigenvalue weighted by Crippen LogP contribution is -2.16. The van der Waals surface area contributed by atoms with Crippen molar-refractivity contribution in [3.8, 4) is 0 Å². The number of nitro groups is 1. The molecule has 32 heavy (non-hydrogen) atoms. The van der Waals surface area contributed by atoms with Gasteiger partial charge in [0.15, 0.2) is 0 Å². The fourth-order valence-corrected chi connectivity index (χ4v) is 3.01. The summed E-state index contributed by atoms with van der Waals surface area (Å²) in [6, 6.07) is 9.12. The monoisotopic (exact) mass is 459 g/mol. The molecule has 0 amide bonds. The van der Waals surface area contributed by atoms with Crippen LogP contribution in [0.2, 0.25) is 0 Å². The Morgan fingerprint density at radius 1 is 1.00 bits per heavy atom. The fraction of sp³-hybridized carbons (Fsp3) is 0.250. The second-order valence-corrected chi connectivity index (χ2v) is 6.79. The molecule has 0 aliphatic heterocycles. The van der Waals surface area contributed by atoms with Crippen LogP contribution in [-0.2, 0) is 23.7 Å². The molecule has 0 saturated carbocycles. The lowest BCUT2D eigenvalue weighted by Gasteiger charge is -2.19. The van der Waals surface area contributed by atoms with E-state index >= 15 is 0 Å². The number of alkyl halides is 6. The third kappa shape index (κ3) is 5.63. The van der Waals surface area contributed by atoms with Gasteiger partial charge in [-0.3, -0.25) is 0 Å². The summed E-state index contributed by atoms with van der Waals surface area (Å²) in [7, 11) is 0. The fourth-order valence-electron chi connectivity index (χ4n) is 3.01. The predicted octanol–water partition coefficient (Wildman–Crippen LogP) is 5.64. The molecule has 0 N–H and O–H groups in total. The van der Waals surface area contributed by atoms with Crippen LogP contribution in [0.3, 0.4) is 0 Å². The Bertz CT molecular complexity index is 1050. The van der Waals surface area contributed by atoms with Crippen LogP contribution in [-0.4, -0.2) is 21.1 Å². The van der Waals surface area contributed by atoms with Crippen molar-refractivity contribution < 1.29 is 36.0 Å². The van der Waals surface area contributed by atoms with E-state index in [4.69, 9.17) is 4.74 Å². The standard InChI is InChI=1S/C20H15F6N3O3/c21-19(22,23)15-6-13(7-16(8-15)20(24,25)26)10-32-11-17(14-4-2-1-3-5-14)28-9-18(27-12-28)29(30)31/h1-9,12,17H,10-11H2. The molecule has 6 nitrogen and oxygen atoms in total. The largest absolute Gasteiger partial charge is 0.416 e. The molecule has 0 fully saturated rings. The maximum atomic E-state index is 13.0. The number of rotatable bonds is 7. The second-order valence-electron chi connectivity index (χ2n) is 6.79. The molecule has 170 valence electrons. The summed E-state index contributed by atoms with van der Waals surface area (Å²) in [6.45, 7) is -0.720. The number of nitrogens with zero attached hydrogens (tertiary/aromatic N) is 3. The summed E-state index contributed by atoms with van der Waals surface area (Å²) in [5, 5.41) is 10.9. The van der Waals surface area contributed by atoms with Gasteiger partial charge in [-0.2, -0.15) is 26.3 Å². The van der Waals surface area contributed by atoms with Crippen molar-refractivity contribution in [1.82, 2.24) is 9.55 Å². The Kier molecular flexibility index (Phi) is 6.53. The molecule has 0 aliphatic rings. The Morgan fingerprint density at radius 3 is 2.09 bits per heavy atom. The van der Waals surface area contributed by atoms with Gasteiger partial charge in [-0.15, -0.1) is 0 Å². The molecule has 1 atom stereocenters. The van der Waals surface area contributed by atoms with Gasteiger partial charge < -0.3 is 19.4 Å². The summed E-state index contributed by atoms with van der Waals surface area (Å²) in [6.07, 6.45) is -7.56. The number of hydrogen-bond acceptors (Lipinski definition) is 4. The van der Waals surface area contributed by atoms with E-state index in [1.807, 2.05) is 0 Å². The van der Waals surface area contributed by atoms with Crippen LogP contribution in [0.25, 0.3) is 0 Å². The van der Waals surface area contributed by atoms with E-state index in [1.165, 1.54) is 10.9 Å². The van der Waals surface area contributed by atoms with Gasteiger partial charge in [0, 0.05) is 0 Å². The molecule has 0 radical (unpaired) electrons. The first kappa shape index (κ1) is 23.3. The quantitative estimate of drug-likeness (QED) is 0.261. The summed E-state index contributed by atoms with van der Waals surface area (Å²) in [5.74, 6) is -0.418. The third-order valence-corrected chi connectivity index (χ3v) is 4.51. The molecule has 3 rings (SSSR count). The van der Waals surface area contributed by atoms with E-state index in [9.17, 15) is 36.5 Å². The molecule has 0 aliphatic carbocycles. The zero-order chi connectivity index (χ0) is 23.5. The van der Waals surface area contributed by atoms with Gasteiger partial charge in [-0.1, -0.05) is 30.3 Å². The Labute approximate surface area is 177 Å². The maximum Gasteiger partial charge on any atom is 0.416 e. The molecule has 0 spiro atoms. The van der Waals surface area contributed by atoms with E-state index in [2.05, 4.69) is 4.98 Å². The zero-order valence-corrected chi connectivity index (χ0v) is 16.1. The number of benzene rings is 2. The van der Waals surface area contributed by atoms with Crippen molar-refractivity contribution in [2.24, 2.45) is 0 Å². The molecule has 1 unspecified atom stereocenters. The van der Waals surface area contributed by atoms with E-state index in [0.717, 1.165) is 6.20 Å². The van der Waals surface area contributed by atoms with E-state index in [1.54, 1.807) is 30.3 Å². The molecule has 3 aromatic rings. The van der Waals surface area contributed by atoms with Crippen LogP contribution in [0.15, 0.2) is 61.1 Å². The van der Waals surface area contributed by atoms with Crippen LogP contribution in [0, 0.1) is 10.1 Å². The van der Waals surface area contributed by atoms with Crippen molar-refractivity contribution in [2.75, 3.05) is 6.61 Å². The van der Waals surface area contributed by atoms with Gasteiger partial charge in [0.25, 0.3) is 0 Å². The van der Waals surface area contributed by atoms with E-state index < -0.39 is 46.9 Å². The first-order chi connectivity index (χ1) is 14.9. The highest BCUT2D eigenvalue weighted by atomic mass is 19.4. The highest BCUT2D eigenvalue weighted by molar-refractivity contribution is 5.33. The second kappa shape index (κ2) is 8.99. The van der Waals surface area contributed by atoms with Gasteiger partial charge in [0.1, 0.15) is 6.20 Å². The van der Waals surface area contributed by atoms with Crippen molar-refractivity contribution >= 4 is 5.82 Å². The maximum absolute atomic E-state index is 13.0. The number of hydrogen-bond donors (Lipinski definition) is 0. The molecule has 0 saturated heterocycles. The summed E-state index contributed by atoms with van der Waals surface area (Å²) in [4.78, 5) is 13.9. The molecule has 1 aromatic heterocycles. The summed E-state index contributed by atoms with van der Waals surface area (Å²) in [5.41, 5.74) is -2.53. The zero-order valence-electron chi connectivity index (χ0n) is 16.1. The number of halogens is 6.